The highest BCUT2D eigenvalue weighted by Crippen LogP contribution is 2.05. The lowest BCUT2D eigenvalue weighted by Gasteiger charge is -2.19. The smallest absolute Gasteiger partial charge is 0.293 e. The van der Waals surface area contributed by atoms with Crippen LogP contribution in [-0.4, -0.2) is 39.6 Å². The number of nitrogens with one attached hydrogen (secondary N) is 1. The Hall–Kier alpha value is -1.39. The lowest BCUT2D eigenvalue weighted by molar-refractivity contribution is 0.0763. The summed E-state index contributed by atoms with van der Waals surface area (Å²) in [6.45, 7) is 6.95. The number of H-pyrrole nitrogens is 1. The van der Waals surface area contributed by atoms with E-state index in [0.29, 0.717) is 5.92 Å². The Balaban J connectivity index is 2.62. The lowest BCUT2D eigenvalue weighted by atomic mass is 10.1. The van der Waals surface area contributed by atoms with Gasteiger partial charge in [-0.2, -0.15) is 0 Å². The van der Waals surface area contributed by atoms with E-state index in [4.69, 9.17) is 0 Å². The maximum absolute atomic E-state index is 11.9. The van der Waals surface area contributed by atoms with Gasteiger partial charge in [-0.1, -0.05) is 27.2 Å². The molecule has 0 fully saturated rings. The summed E-state index contributed by atoms with van der Waals surface area (Å²) in [7, 11) is 1.79. The standard InChI is InChI=1S/C11H20N4O/c1-5-8(3)7-15(4)11(16)10-12-9(6-2)13-14-10/h8H,5-7H2,1-4H3,(H,12,13,14). The summed E-state index contributed by atoms with van der Waals surface area (Å²) in [6, 6.07) is 0. The Kier molecular flexibility index (Phi) is 4.46. The van der Waals surface area contributed by atoms with Crippen molar-refractivity contribution in [3.63, 3.8) is 0 Å². The molecule has 1 heterocycles. The highest BCUT2D eigenvalue weighted by molar-refractivity contribution is 5.90. The molecule has 1 atom stereocenters. The van der Waals surface area contributed by atoms with Gasteiger partial charge in [-0.05, 0) is 5.92 Å². The van der Waals surface area contributed by atoms with Crippen molar-refractivity contribution in [3.05, 3.63) is 11.6 Å². The van der Waals surface area contributed by atoms with Gasteiger partial charge < -0.3 is 4.90 Å². The second-order valence-corrected chi connectivity index (χ2v) is 4.16. The van der Waals surface area contributed by atoms with Crippen molar-refractivity contribution < 1.29 is 4.79 Å². The third kappa shape index (κ3) is 3.05. The summed E-state index contributed by atoms with van der Waals surface area (Å²) in [6.07, 6.45) is 1.82. The van der Waals surface area contributed by atoms with Crippen molar-refractivity contribution in [2.45, 2.75) is 33.6 Å². The van der Waals surface area contributed by atoms with E-state index in [-0.39, 0.29) is 11.7 Å². The molecule has 1 aromatic rings. The number of hydrogen-bond acceptors (Lipinski definition) is 3. The Labute approximate surface area is 96.3 Å². The van der Waals surface area contributed by atoms with Crippen LogP contribution in [0.1, 0.15) is 43.6 Å². The van der Waals surface area contributed by atoms with Gasteiger partial charge in [-0.15, -0.1) is 5.10 Å². The maximum atomic E-state index is 11.9. The molecule has 1 unspecified atom stereocenters. The third-order valence-electron chi connectivity index (χ3n) is 2.69. The van der Waals surface area contributed by atoms with E-state index in [1.165, 1.54) is 0 Å². The van der Waals surface area contributed by atoms with Gasteiger partial charge in [0.1, 0.15) is 5.82 Å². The molecule has 0 spiro atoms. The molecule has 1 N–H and O–H groups in total. The molecule has 0 saturated heterocycles. The first-order valence-electron chi connectivity index (χ1n) is 5.75. The molecule has 0 radical (unpaired) electrons. The fourth-order valence-electron chi connectivity index (χ4n) is 1.40. The molecule has 90 valence electrons. The summed E-state index contributed by atoms with van der Waals surface area (Å²) in [5, 5.41) is 6.66. The average molecular weight is 224 g/mol. The summed E-state index contributed by atoms with van der Waals surface area (Å²) in [5.74, 6) is 1.40. The SMILES string of the molecule is CCc1nc(C(=O)N(C)CC(C)CC)n[nH]1. The number of aromatic amines is 1. The highest BCUT2D eigenvalue weighted by atomic mass is 16.2. The molecule has 0 bridgehead atoms. The van der Waals surface area contributed by atoms with Crippen LogP contribution >= 0.6 is 0 Å². The van der Waals surface area contributed by atoms with Crippen LogP contribution < -0.4 is 0 Å². The van der Waals surface area contributed by atoms with E-state index in [2.05, 4.69) is 29.0 Å². The largest absolute Gasteiger partial charge is 0.339 e. The van der Waals surface area contributed by atoms with E-state index in [1.807, 2.05) is 6.92 Å². The van der Waals surface area contributed by atoms with Crippen molar-refractivity contribution in [2.75, 3.05) is 13.6 Å². The first kappa shape index (κ1) is 12.7. The minimum Gasteiger partial charge on any atom is -0.339 e. The van der Waals surface area contributed by atoms with E-state index < -0.39 is 0 Å². The Bertz CT molecular complexity index is 348. The molecule has 16 heavy (non-hydrogen) atoms. The predicted molar refractivity (Wildman–Crippen MR) is 62.2 cm³/mol. The quantitative estimate of drug-likeness (QED) is 0.824. The molecule has 1 aromatic heterocycles. The van der Waals surface area contributed by atoms with E-state index in [1.54, 1.807) is 11.9 Å². The molecule has 0 saturated carbocycles. The summed E-state index contributed by atoms with van der Waals surface area (Å²) >= 11 is 0. The van der Waals surface area contributed by atoms with Crippen LogP contribution in [0.5, 0.6) is 0 Å². The van der Waals surface area contributed by atoms with Gasteiger partial charge >= 0.3 is 0 Å². The zero-order valence-electron chi connectivity index (χ0n) is 10.4. The summed E-state index contributed by atoms with van der Waals surface area (Å²) in [5.41, 5.74) is 0. The van der Waals surface area contributed by atoms with Gasteiger partial charge in [0.2, 0.25) is 5.82 Å². The summed E-state index contributed by atoms with van der Waals surface area (Å²) in [4.78, 5) is 17.7. The topological polar surface area (TPSA) is 61.9 Å². The molecule has 1 rings (SSSR count). The fourth-order valence-corrected chi connectivity index (χ4v) is 1.40. The van der Waals surface area contributed by atoms with Crippen molar-refractivity contribution in [1.82, 2.24) is 20.1 Å². The Morgan fingerprint density at radius 1 is 1.50 bits per heavy atom. The molecule has 0 aliphatic rings. The van der Waals surface area contributed by atoms with E-state index >= 15 is 0 Å². The minimum absolute atomic E-state index is 0.115. The highest BCUT2D eigenvalue weighted by Gasteiger charge is 2.17. The fraction of sp³-hybridized carbons (Fsp3) is 0.727. The van der Waals surface area contributed by atoms with Gasteiger partial charge in [-0.25, -0.2) is 4.98 Å². The average Bonchev–Trinajstić information content (AvgIpc) is 2.76. The van der Waals surface area contributed by atoms with Gasteiger partial charge in [0.15, 0.2) is 0 Å². The number of carbonyl (C=O) groups is 1. The molecule has 0 aliphatic carbocycles. The third-order valence-corrected chi connectivity index (χ3v) is 2.69. The van der Waals surface area contributed by atoms with Crippen LogP contribution in [0.2, 0.25) is 0 Å². The van der Waals surface area contributed by atoms with E-state index in [0.717, 1.165) is 25.2 Å². The summed E-state index contributed by atoms with van der Waals surface area (Å²) < 4.78 is 0. The predicted octanol–water partition coefficient (Wildman–Crippen LogP) is 1.49. The van der Waals surface area contributed by atoms with Crippen LogP contribution in [0.3, 0.4) is 0 Å². The molecule has 1 amide bonds. The number of carbonyl (C=O) groups excluding carboxylic acids is 1. The first-order chi connectivity index (χ1) is 7.58. The second kappa shape index (κ2) is 5.63. The van der Waals surface area contributed by atoms with Crippen molar-refractivity contribution >= 4 is 5.91 Å². The number of rotatable bonds is 5. The number of aryl methyl sites for hydroxylation is 1. The van der Waals surface area contributed by atoms with Crippen molar-refractivity contribution in [3.8, 4) is 0 Å². The van der Waals surface area contributed by atoms with Gasteiger partial charge in [-0.3, -0.25) is 9.89 Å². The van der Waals surface area contributed by atoms with Crippen LogP contribution in [-0.2, 0) is 6.42 Å². The Morgan fingerprint density at radius 3 is 2.69 bits per heavy atom. The minimum atomic E-state index is -0.115. The lowest BCUT2D eigenvalue weighted by Crippen LogP contribution is -2.31. The molecule has 0 aliphatic heterocycles. The van der Waals surface area contributed by atoms with E-state index in [9.17, 15) is 4.79 Å². The van der Waals surface area contributed by atoms with Gasteiger partial charge in [0.25, 0.3) is 5.91 Å². The van der Waals surface area contributed by atoms with Crippen molar-refractivity contribution in [2.24, 2.45) is 5.92 Å². The van der Waals surface area contributed by atoms with Crippen LogP contribution in [0.15, 0.2) is 0 Å². The Morgan fingerprint density at radius 2 is 2.19 bits per heavy atom. The van der Waals surface area contributed by atoms with Crippen LogP contribution in [0, 0.1) is 5.92 Å². The zero-order valence-corrected chi connectivity index (χ0v) is 10.4. The van der Waals surface area contributed by atoms with Crippen LogP contribution in [0.4, 0.5) is 0 Å². The number of amides is 1. The van der Waals surface area contributed by atoms with Gasteiger partial charge in [0, 0.05) is 20.0 Å². The zero-order chi connectivity index (χ0) is 12.1. The second-order valence-electron chi connectivity index (χ2n) is 4.16. The number of hydrogen-bond donors (Lipinski definition) is 1. The monoisotopic (exact) mass is 224 g/mol. The van der Waals surface area contributed by atoms with Crippen LogP contribution in [0.25, 0.3) is 0 Å². The molecule has 5 heteroatoms. The van der Waals surface area contributed by atoms with Gasteiger partial charge in [0.05, 0.1) is 0 Å². The molecular weight excluding hydrogens is 204 g/mol. The first-order valence-corrected chi connectivity index (χ1v) is 5.75. The van der Waals surface area contributed by atoms with Crippen molar-refractivity contribution in [1.29, 1.82) is 0 Å². The normalized spacial score (nSPS) is 12.5. The number of nitrogens with zero attached hydrogens (tertiary/aromatic N) is 3. The molecule has 5 nitrogen and oxygen atoms in total. The molecular formula is C11H20N4O. The maximum Gasteiger partial charge on any atom is 0.293 e. The molecule has 0 aromatic carbocycles. The number of aromatic nitrogens is 3.